The van der Waals surface area contributed by atoms with Crippen molar-refractivity contribution in [3.05, 3.63) is 96.9 Å². The van der Waals surface area contributed by atoms with E-state index in [0.29, 0.717) is 17.2 Å². The van der Waals surface area contributed by atoms with Crippen LogP contribution in [0.2, 0.25) is 0 Å². The van der Waals surface area contributed by atoms with Crippen molar-refractivity contribution in [3.63, 3.8) is 0 Å². The lowest BCUT2D eigenvalue weighted by Gasteiger charge is -2.14. The maximum atomic E-state index is 5.56. The highest BCUT2D eigenvalue weighted by Gasteiger charge is 2.07. The Balaban J connectivity index is 2.22. The molecule has 0 atom stereocenters. The average molecular weight is 361 g/mol. The number of nitrogens with zero attached hydrogens (tertiary/aromatic N) is 5. The Morgan fingerprint density at radius 3 is 2.52 bits per heavy atom. The summed E-state index contributed by atoms with van der Waals surface area (Å²) in [6.07, 6.45) is 8.78. The van der Waals surface area contributed by atoms with E-state index < -0.39 is 0 Å². The summed E-state index contributed by atoms with van der Waals surface area (Å²) in [5.41, 5.74) is 3.83. The minimum Gasteiger partial charge on any atom is -0.496 e. The van der Waals surface area contributed by atoms with Crippen LogP contribution in [0.3, 0.4) is 0 Å². The molecule has 2 aromatic heterocycles. The van der Waals surface area contributed by atoms with Crippen LogP contribution >= 0.6 is 0 Å². The summed E-state index contributed by atoms with van der Waals surface area (Å²) in [4.78, 5) is 8.24. The lowest BCUT2D eigenvalue weighted by atomic mass is 10.1. The first-order chi connectivity index (χ1) is 13.1. The molecule has 6 heteroatoms. The maximum Gasteiger partial charge on any atom is 0.128 e. The normalized spacial score (nSPS) is 12.5. The molecule has 2 aromatic rings. The lowest BCUT2D eigenvalue weighted by molar-refractivity contribution is 0.305. The van der Waals surface area contributed by atoms with E-state index in [-0.39, 0.29) is 0 Å². The van der Waals surface area contributed by atoms with Crippen LogP contribution in [0.4, 0.5) is 0 Å². The summed E-state index contributed by atoms with van der Waals surface area (Å²) in [7, 11) is 3.42. The van der Waals surface area contributed by atoms with Gasteiger partial charge in [-0.2, -0.15) is 0 Å². The second-order valence-corrected chi connectivity index (χ2v) is 5.58. The number of rotatable bonds is 8. The molecule has 0 unspecified atom stereocenters. The van der Waals surface area contributed by atoms with Crippen LogP contribution < -0.4 is 0 Å². The predicted molar refractivity (Wildman–Crippen MR) is 108 cm³/mol. The highest BCUT2D eigenvalue weighted by Crippen LogP contribution is 2.22. The molecule has 0 N–H and O–H groups in total. The maximum absolute atomic E-state index is 5.56. The number of methoxy groups -OCH3 is 1. The molecule has 0 saturated carbocycles. The minimum atomic E-state index is 0.487. The average Bonchev–Trinajstić information content (AvgIpc) is 2.72. The second kappa shape index (κ2) is 9.82. The van der Waals surface area contributed by atoms with E-state index in [2.05, 4.69) is 33.5 Å². The fourth-order valence-electron chi connectivity index (χ4n) is 2.20. The molecule has 0 radical (unpaired) electrons. The predicted octanol–water partition coefficient (Wildman–Crippen LogP) is 4.89. The number of pyridine rings is 2. The molecule has 2 heterocycles. The molecule has 0 saturated heterocycles. The molecular formula is C21H23N5O. The van der Waals surface area contributed by atoms with Crippen LogP contribution in [0, 0.1) is 0 Å². The number of aromatic nitrogens is 2. The van der Waals surface area contributed by atoms with Gasteiger partial charge in [0.25, 0.3) is 0 Å². The van der Waals surface area contributed by atoms with E-state index in [1.165, 1.54) is 0 Å². The molecule has 0 aromatic carbocycles. The van der Waals surface area contributed by atoms with Crippen molar-refractivity contribution in [3.8, 4) is 0 Å². The molecule has 2 rings (SSSR count). The topological polar surface area (TPSA) is 63.0 Å². The molecule has 0 fully saturated rings. The highest BCUT2D eigenvalue weighted by atomic mass is 16.5. The monoisotopic (exact) mass is 361 g/mol. The molecule has 0 spiro atoms. The highest BCUT2D eigenvalue weighted by molar-refractivity contribution is 5.76. The number of allylic oxidation sites excluding steroid dienone is 4. The summed E-state index contributed by atoms with van der Waals surface area (Å²) in [5.74, 6) is 0.666. The summed E-state index contributed by atoms with van der Waals surface area (Å²) in [6.45, 7) is 9.69. The van der Waals surface area contributed by atoms with Crippen LogP contribution in [0.1, 0.15) is 18.2 Å². The quantitative estimate of drug-likeness (QED) is 0.290. The van der Waals surface area contributed by atoms with Crippen molar-refractivity contribution in [2.75, 3.05) is 14.2 Å². The van der Waals surface area contributed by atoms with Gasteiger partial charge in [0.1, 0.15) is 11.5 Å². The smallest absolute Gasteiger partial charge is 0.128 e. The van der Waals surface area contributed by atoms with Gasteiger partial charge < -0.3 is 4.74 Å². The van der Waals surface area contributed by atoms with Crippen molar-refractivity contribution in [2.45, 2.75) is 6.92 Å². The van der Waals surface area contributed by atoms with Crippen LogP contribution in [0.5, 0.6) is 0 Å². The summed E-state index contributed by atoms with van der Waals surface area (Å²) in [5, 5.41) is 9.96. The van der Waals surface area contributed by atoms with E-state index >= 15 is 0 Å². The summed E-state index contributed by atoms with van der Waals surface area (Å²) in [6, 6.07) is 9.36. The molecule has 6 nitrogen and oxygen atoms in total. The molecule has 0 aliphatic heterocycles. The third-order valence-electron chi connectivity index (χ3n) is 3.79. The standard InChI is InChI=1S/C21H23N5O/c1-6-19(18-10-13-22-14-11-18)21(27-5)15-16(2)26(4)25-24-17(3)20-9-7-8-12-23-20/h6-15H,1,3H2,2,4-5H3/b16-15+,21-19-,25-24?. The SMILES string of the molecule is C=C/C(=C(\C=C(/C)N(C)N=NC(=C)c1ccccn1)OC)c1ccncc1. The van der Waals surface area contributed by atoms with Gasteiger partial charge >= 0.3 is 0 Å². The van der Waals surface area contributed by atoms with Crippen molar-refractivity contribution in [1.82, 2.24) is 15.0 Å². The van der Waals surface area contributed by atoms with Gasteiger partial charge in [0.05, 0.1) is 12.8 Å². The molecular weight excluding hydrogens is 338 g/mol. The Morgan fingerprint density at radius 1 is 1.19 bits per heavy atom. The molecule has 0 aliphatic carbocycles. The van der Waals surface area contributed by atoms with Gasteiger partial charge in [-0.3, -0.25) is 15.0 Å². The zero-order valence-corrected chi connectivity index (χ0v) is 15.8. The largest absolute Gasteiger partial charge is 0.496 e. The Hall–Kier alpha value is -3.54. The fraction of sp³-hybridized carbons (Fsp3) is 0.143. The minimum absolute atomic E-state index is 0.487. The zero-order chi connectivity index (χ0) is 19.6. The first-order valence-corrected chi connectivity index (χ1v) is 8.32. The first kappa shape index (κ1) is 19.8. The second-order valence-electron chi connectivity index (χ2n) is 5.58. The van der Waals surface area contributed by atoms with E-state index in [1.54, 1.807) is 43.8 Å². The van der Waals surface area contributed by atoms with Gasteiger partial charge in [0, 0.05) is 43.0 Å². The van der Waals surface area contributed by atoms with E-state index in [9.17, 15) is 0 Å². The van der Waals surface area contributed by atoms with Crippen molar-refractivity contribution in [1.29, 1.82) is 0 Å². The zero-order valence-electron chi connectivity index (χ0n) is 15.8. The Kier molecular flexibility index (Phi) is 7.19. The van der Waals surface area contributed by atoms with Gasteiger partial charge in [0.2, 0.25) is 0 Å². The van der Waals surface area contributed by atoms with Crippen LogP contribution in [-0.4, -0.2) is 29.1 Å². The van der Waals surface area contributed by atoms with Crippen molar-refractivity contribution in [2.24, 2.45) is 10.3 Å². The fourth-order valence-corrected chi connectivity index (χ4v) is 2.20. The third-order valence-corrected chi connectivity index (χ3v) is 3.79. The van der Waals surface area contributed by atoms with Crippen molar-refractivity contribution < 1.29 is 4.74 Å². The molecule has 138 valence electrons. The molecule has 0 bridgehead atoms. The van der Waals surface area contributed by atoms with Crippen LogP contribution in [0.15, 0.2) is 96.0 Å². The number of hydrogen-bond donors (Lipinski definition) is 0. The number of ether oxygens (including phenoxy) is 1. The van der Waals surface area contributed by atoms with Gasteiger partial charge in [-0.1, -0.05) is 30.5 Å². The first-order valence-electron chi connectivity index (χ1n) is 8.32. The Bertz CT molecular complexity index is 870. The molecule has 27 heavy (non-hydrogen) atoms. The van der Waals surface area contributed by atoms with E-state index in [4.69, 9.17) is 4.74 Å². The van der Waals surface area contributed by atoms with E-state index in [0.717, 1.165) is 16.8 Å². The molecule has 0 aliphatic rings. The van der Waals surface area contributed by atoms with E-state index in [1.807, 2.05) is 43.3 Å². The Morgan fingerprint density at radius 2 is 1.93 bits per heavy atom. The number of hydrogen-bond acceptors (Lipinski definition) is 5. The van der Waals surface area contributed by atoms with Gasteiger partial charge in [-0.25, -0.2) is 0 Å². The van der Waals surface area contributed by atoms with Crippen LogP contribution in [0.25, 0.3) is 11.3 Å². The van der Waals surface area contributed by atoms with Crippen LogP contribution in [-0.2, 0) is 4.74 Å². The summed E-state index contributed by atoms with van der Waals surface area (Å²) >= 11 is 0. The van der Waals surface area contributed by atoms with Gasteiger partial charge in [-0.15, -0.1) is 5.11 Å². The summed E-state index contributed by atoms with van der Waals surface area (Å²) < 4.78 is 5.56. The third kappa shape index (κ3) is 5.47. The van der Waals surface area contributed by atoms with Gasteiger partial charge in [0.15, 0.2) is 0 Å². The molecule has 0 amide bonds. The lowest BCUT2D eigenvalue weighted by Crippen LogP contribution is -2.08. The van der Waals surface area contributed by atoms with Crippen molar-refractivity contribution >= 4 is 11.3 Å². The Labute approximate surface area is 159 Å². The van der Waals surface area contributed by atoms with Gasteiger partial charge in [-0.05, 0) is 36.8 Å².